The first-order valence-corrected chi connectivity index (χ1v) is 14.9. The van der Waals surface area contributed by atoms with Gasteiger partial charge in [0.05, 0.1) is 74.9 Å². The molecular formula is C41H21N7. The molecule has 0 spiro atoms. The van der Waals surface area contributed by atoms with Crippen LogP contribution in [0.3, 0.4) is 0 Å². The zero-order chi connectivity index (χ0) is 33.4. The normalized spacial score (nSPS) is 10.5. The van der Waals surface area contributed by atoms with Gasteiger partial charge in [-0.3, -0.25) is 4.98 Å². The maximum Gasteiger partial charge on any atom is 0.0998 e. The molecule has 220 valence electrons. The van der Waals surface area contributed by atoms with Gasteiger partial charge in [-0.1, -0.05) is 48.5 Å². The zero-order valence-corrected chi connectivity index (χ0v) is 25.5. The Labute approximate surface area is 276 Å². The molecule has 7 nitrogen and oxygen atoms in total. The number of aromatic nitrogens is 2. The summed E-state index contributed by atoms with van der Waals surface area (Å²) in [7, 11) is 0. The lowest BCUT2D eigenvalue weighted by Gasteiger charge is -2.18. The van der Waals surface area contributed by atoms with Crippen molar-refractivity contribution in [3.05, 3.63) is 143 Å². The van der Waals surface area contributed by atoms with E-state index in [4.69, 9.17) is 0 Å². The van der Waals surface area contributed by atoms with E-state index >= 15 is 0 Å². The fourth-order valence-electron chi connectivity index (χ4n) is 6.47. The maximum atomic E-state index is 10.4. The molecule has 0 radical (unpaired) electrons. The first kappa shape index (κ1) is 29.2. The van der Waals surface area contributed by atoms with Crippen molar-refractivity contribution in [2.45, 2.75) is 6.92 Å². The molecule has 0 fully saturated rings. The summed E-state index contributed by atoms with van der Waals surface area (Å²) in [5, 5.41) is 51.7. The Balaban J connectivity index is 1.67. The van der Waals surface area contributed by atoms with E-state index in [-0.39, 0.29) is 0 Å². The van der Waals surface area contributed by atoms with Crippen LogP contribution in [0.4, 0.5) is 0 Å². The maximum absolute atomic E-state index is 10.4. The predicted molar refractivity (Wildman–Crippen MR) is 183 cm³/mol. The van der Waals surface area contributed by atoms with Crippen LogP contribution in [0.25, 0.3) is 60.9 Å². The number of hydrogen-bond acceptors (Lipinski definition) is 6. The number of benzene rings is 5. The summed E-state index contributed by atoms with van der Waals surface area (Å²) >= 11 is 0. The molecule has 0 unspecified atom stereocenters. The van der Waals surface area contributed by atoms with Crippen LogP contribution in [0.2, 0.25) is 0 Å². The van der Waals surface area contributed by atoms with Crippen molar-refractivity contribution in [2.75, 3.05) is 0 Å². The van der Waals surface area contributed by atoms with Crippen LogP contribution >= 0.6 is 0 Å². The van der Waals surface area contributed by atoms with E-state index in [0.29, 0.717) is 38.9 Å². The van der Waals surface area contributed by atoms with Crippen LogP contribution in [0.1, 0.15) is 33.4 Å². The van der Waals surface area contributed by atoms with Crippen molar-refractivity contribution in [1.82, 2.24) is 9.55 Å². The first-order chi connectivity index (χ1) is 23.5. The van der Waals surface area contributed by atoms with Gasteiger partial charge in [0.1, 0.15) is 0 Å². The topological polar surface area (TPSA) is 137 Å². The summed E-state index contributed by atoms with van der Waals surface area (Å²) in [4.78, 5) is 4.13. The summed E-state index contributed by atoms with van der Waals surface area (Å²) in [6.07, 6.45) is 3.39. The van der Waals surface area contributed by atoms with E-state index in [1.165, 1.54) is 0 Å². The lowest BCUT2D eigenvalue weighted by molar-refractivity contribution is 1.15. The van der Waals surface area contributed by atoms with Crippen LogP contribution < -0.4 is 0 Å². The van der Waals surface area contributed by atoms with Gasteiger partial charge in [-0.25, -0.2) is 0 Å². The molecule has 7 rings (SSSR count). The molecule has 5 aromatic carbocycles. The highest BCUT2D eigenvalue weighted by molar-refractivity contribution is 6.17. The minimum Gasteiger partial charge on any atom is -0.308 e. The average molecular weight is 612 g/mol. The Hall–Kier alpha value is -7.50. The number of rotatable bonds is 4. The van der Waals surface area contributed by atoms with Crippen molar-refractivity contribution in [3.63, 3.8) is 0 Å². The average Bonchev–Trinajstić information content (AvgIpc) is 3.49. The molecule has 0 aliphatic heterocycles. The number of aryl methyl sites for hydroxylation is 1. The lowest BCUT2D eigenvalue weighted by atomic mass is 9.95. The fourth-order valence-corrected chi connectivity index (χ4v) is 6.47. The highest BCUT2D eigenvalue weighted by Crippen LogP contribution is 2.44. The first-order valence-electron chi connectivity index (χ1n) is 14.9. The Morgan fingerprint density at radius 2 is 1.00 bits per heavy atom. The third-order valence-corrected chi connectivity index (χ3v) is 8.62. The van der Waals surface area contributed by atoms with E-state index in [9.17, 15) is 26.3 Å². The smallest absolute Gasteiger partial charge is 0.0998 e. The molecule has 0 N–H and O–H groups in total. The third-order valence-electron chi connectivity index (χ3n) is 8.62. The molecule has 0 saturated carbocycles. The summed E-state index contributed by atoms with van der Waals surface area (Å²) in [6, 6.07) is 40.8. The number of nitrogens with zero attached hydrogens (tertiary/aromatic N) is 7. The van der Waals surface area contributed by atoms with Crippen molar-refractivity contribution in [1.29, 1.82) is 26.3 Å². The quantitative estimate of drug-likeness (QED) is 0.195. The second kappa shape index (κ2) is 11.8. The van der Waals surface area contributed by atoms with Gasteiger partial charge in [0.25, 0.3) is 0 Å². The molecule has 0 atom stereocenters. The van der Waals surface area contributed by atoms with E-state index in [1.807, 2.05) is 67.6 Å². The minimum atomic E-state index is 0.361. The van der Waals surface area contributed by atoms with E-state index in [0.717, 1.165) is 55.3 Å². The monoisotopic (exact) mass is 611 g/mol. The molecule has 48 heavy (non-hydrogen) atoms. The zero-order valence-electron chi connectivity index (χ0n) is 25.5. The molecular weight excluding hydrogens is 591 g/mol. The van der Waals surface area contributed by atoms with Gasteiger partial charge < -0.3 is 4.57 Å². The number of fused-ring (bicyclic) bond motifs is 3. The molecule has 0 aliphatic rings. The molecule has 0 aliphatic carbocycles. The molecule has 2 heterocycles. The molecule has 0 amide bonds. The Morgan fingerprint density at radius 1 is 0.500 bits per heavy atom. The van der Waals surface area contributed by atoms with E-state index in [1.54, 1.807) is 48.8 Å². The predicted octanol–water partition coefficient (Wildman–Crippen LogP) is 8.85. The third kappa shape index (κ3) is 4.60. The number of hydrogen-bond donors (Lipinski definition) is 0. The highest BCUT2D eigenvalue weighted by atomic mass is 15.0. The SMILES string of the molecule is Cc1cc(-c2ccncc2)c(C#N)cc1-n1c2c(-c3ccc(C#N)cc3C#N)cccc2c2cccc(-c3ccc(C#N)cc3C#N)c21. The Morgan fingerprint density at radius 3 is 1.48 bits per heavy atom. The summed E-state index contributed by atoms with van der Waals surface area (Å²) in [5.41, 5.74) is 9.73. The molecule has 7 aromatic rings. The van der Waals surface area contributed by atoms with Crippen molar-refractivity contribution in [3.8, 4) is 69.4 Å². The van der Waals surface area contributed by atoms with Gasteiger partial charge in [0.2, 0.25) is 0 Å². The molecule has 0 bridgehead atoms. The van der Waals surface area contributed by atoms with Gasteiger partial charge >= 0.3 is 0 Å². The van der Waals surface area contributed by atoms with Crippen LogP contribution in [0.5, 0.6) is 0 Å². The molecule has 7 heteroatoms. The van der Waals surface area contributed by atoms with Gasteiger partial charge in [-0.15, -0.1) is 0 Å². The van der Waals surface area contributed by atoms with Crippen LogP contribution in [-0.2, 0) is 0 Å². The van der Waals surface area contributed by atoms with E-state index < -0.39 is 0 Å². The summed E-state index contributed by atoms with van der Waals surface area (Å²) < 4.78 is 2.11. The Bertz CT molecular complexity index is 2550. The summed E-state index contributed by atoms with van der Waals surface area (Å²) in [5.74, 6) is 0. The largest absolute Gasteiger partial charge is 0.308 e. The van der Waals surface area contributed by atoms with Gasteiger partial charge in [0.15, 0.2) is 0 Å². The second-order valence-electron chi connectivity index (χ2n) is 11.2. The van der Waals surface area contributed by atoms with Gasteiger partial charge in [-0.05, 0) is 72.1 Å². The highest BCUT2D eigenvalue weighted by Gasteiger charge is 2.23. The van der Waals surface area contributed by atoms with Crippen LogP contribution in [0, 0.1) is 63.6 Å². The van der Waals surface area contributed by atoms with Crippen molar-refractivity contribution in [2.24, 2.45) is 0 Å². The Kier molecular flexibility index (Phi) is 7.17. The number of nitriles is 5. The van der Waals surface area contributed by atoms with Crippen LogP contribution in [0.15, 0.2) is 109 Å². The van der Waals surface area contributed by atoms with Crippen molar-refractivity contribution < 1.29 is 0 Å². The number of para-hydroxylation sites is 2. The summed E-state index contributed by atoms with van der Waals surface area (Å²) in [6.45, 7) is 1.99. The molecule has 2 aromatic heterocycles. The number of pyridine rings is 1. The van der Waals surface area contributed by atoms with Gasteiger partial charge in [-0.2, -0.15) is 26.3 Å². The van der Waals surface area contributed by atoms with Gasteiger partial charge in [0, 0.05) is 45.4 Å². The van der Waals surface area contributed by atoms with E-state index in [2.05, 4.69) is 39.9 Å². The second-order valence-corrected chi connectivity index (χ2v) is 11.2. The van der Waals surface area contributed by atoms with Crippen LogP contribution in [-0.4, -0.2) is 9.55 Å². The van der Waals surface area contributed by atoms with Crippen molar-refractivity contribution >= 4 is 21.8 Å². The lowest BCUT2D eigenvalue weighted by Crippen LogP contribution is -2.02. The standard InChI is InChI=1S/C41H21N7/c1-25-16-38(28-12-14-47-15-13-28)31(24-46)19-39(25)48-40-34(32-10-8-26(20-42)17-29(32)22-44)4-2-6-36(40)37-7-3-5-35(41(37)48)33-11-9-27(21-43)18-30(33)23-45/h2-19H,1H3. The fraction of sp³-hybridized carbons (Fsp3) is 0.0244. The molecule has 0 saturated heterocycles. The minimum absolute atomic E-state index is 0.361.